The van der Waals surface area contributed by atoms with Crippen molar-refractivity contribution in [1.29, 1.82) is 0 Å². The van der Waals surface area contributed by atoms with Crippen LogP contribution >= 0.6 is 0 Å². The zero-order valence-electron chi connectivity index (χ0n) is 10.3. The first-order valence-electron chi connectivity index (χ1n) is 5.32. The van der Waals surface area contributed by atoms with E-state index >= 15 is 0 Å². The van der Waals surface area contributed by atoms with Gasteiger partial charge in [-0.3, -0.25) is 0 Å². The van der Waals surface area contributed by atoms with E-state index < -0.39 is 18.4 Å². The number of rotatable bonds is 1. The second-order valence-electron chi connectivity index (χ2n) is 6.08. The molecule has 78 valence electrons. The third kappa shape index (κ3) is 3.01. The van der Waals surface area contributed by atoms with Crippen LogP contribution in [0.1, 0.15) is 26.3 Å². The van der Waals surface area contributed by atoms with E-state index in [-0.39, 0.29) is 5.41 Å². The Kier molecular flexibility index (Phi) is 3.35. The van der Waals surface area contributed by atoms with E-state index in [9.17, 15) is 0 Å². The molecule has 0 amide bonds. The van der Waals surface area contributed by atoms with Crippen LogP contribution in [0, 0.1) is 0 Å². The van der Waals surface area contributed by atoms with Gasteiger partial charge in [-0.05, 0) is 0 Å². The topological polar surface area (TPSA) is 0 Å². The summed E-state index contributed by atoms with van der Waals surface area (Å²) >= 11 is -1.82. The van der Waals surface area contributed by atoms with Gasteiger partial charge < -0.3 is 0 Å². The van der Waals surface area contributed by atoms with Gasteiger partial charge in [-0.15, -0.1) is 0 Å². The van der Waals surface area contributed by atoms with E-state index in [1.807, 2.05) is 0 Å². The van der Waals surface area contributed by atoms with E-state index in [0.29, 0.717) is 0 Å². The predicted molar refractivity (Wildman–Crippen MR) is 68.1 cm³/mol. The van der Waals surface area contributed by atoms with Gasteiger partial charge in [0.25, 0.3) is 0 Å². The first-order chi connectivity index (χ1) is 6.21. The Bertz CT molecular complexity index is 262. The molecule has 0 radical (unpaired) electrons. The molecule has 0 heterocycles. The molecule has 0 aliphatic carbocycles. The van der Waals surface area contributed by atoms with Crippen molar-refractivity contribution >= 4 is 22.0 Å². The summed E-state index contributed by atoms with van der Waals surface area (Å²) in [6.45, 7) is 6.80. The van der Waals surface area contributed by atoms with E-state index in [2.05, 4.69) is 59.9 Å². The summed E-state index contributed by atoms with van der Waals surface area (Å²) in [6.07, 6.45) is 0. The Labute approximate surface area is 92.6 Å². The molecule has 0 saturated heterocycles. The summed E-state index contributed by atoms with van der Waals surface area (Å²) in [5.41, 5.74) is 1.73. The van der Waals surface area contributed by atoms with Gasteiger partial charge >= 0.3 is 92.8 Å². The second-order valence-corrected chi connectivity index (χ2v) is 20.6. The fourth-order valence-corrected chi connectivity index (χ4v) is 4.80. The Balaban J connectivity index is 3.02. The molecule has 0 atom stereocenters. The molecule has 1 rings (SSSR count). The molecule has 0 unspecified atom stereocenters. The van der Waals surface area contributed by atoms with Gasteiger partial charge in [0.2, 0.25) is 0 Å². The van der Waals surface area contributed by atoms with Crippen molar-refractivity contribution in [3.05, 3.63) is 29.8 Å². The third-order valence-electron chi connectivity index (χ3n) is 2.62. The summed E-state index contributed by atoms with van der Waals surface area (Å²) < 4.78 is 1.62. The number of benzene rings is 1. The Morgan fingerprint density at radius 3 is 1.57 bits per heavy atom. The molecule has 1 heteroatoms. The quantitative estimate of drug-likeness (QED) is 0.696. The first kappa shape index (κ1) is 12.1. The van der Waals surface area contributed by atoms with Gasteiger partial charge in [-0.2, -0.15) is 0 Å². The van der Waals surface area contributed by atoms with Crippen LogP contribution in [0.2, 0.25) is 14.8 Å². The van der Waals surface area contributed by atoms with Gasteiger partial charge in [-0.1, -0.05) is 0 Å². The van der Waals surface area contributed by atoms with Crippen LogP contribution in [0.25, 0.3) is 0 Å². The van der Waals surface area contributed by atoms with E-state index in [0.717, 1.165) is 0 Å². The Hall–Kier alpha value is 0.0187. The maximum absolute atomic E-state index is 2.46. The molecule has 0 nitrogen and oxygen atoms in total. The molecule has 0 N–H and O–H groups in total. The van der Waals surface area contributed by atoms with Crippen molar-refractivity contribution in [3.63, 3.8) is 0 Å². The molecule has 0 aliphatic heterocycles. The van der Waals surface area contributed by atoms with Gasteiger partial charge in [0, 0.05) is 0 Å². The fraction of sp³-hybridized carbons (Fsp3) is 0.538. The Morgan fingerprint density at radius 1 is 0.857 bits per heavy atom. The summed E-state index contributed by atoms with van der Waals surface area (Å²) in [5, 5.41) is 0. The SMILES string of the molecule is CC(C)(C)c1cc[c]([Sn]([CH3])([CH3])[CH3])cc1. The standard InChI is InChI=1S/C10H13.3CH3.Sn/c1-10(2,3)9-7-5-4-6-8-9;;;;/h5-8H,1-3H3;3*1H3;. The Morgan fingerprint density at radius 2 is 1.29 bits per heavy atom. The van der Waals surface area contributed by atoms with Crippen molar-refractivity contribution < 1.29 is 0 Å². The van der Waals surface area contributed by atoms with Crippen LogP contribution < -0.4 is 3.58 Å². The van der Waals surface area contributed by atoms with Crippen molar-refractivity contribution in [2.75, 3.05) is 0 Å². The van der Waals surface area contributed by atoms with Crippen LogP contribution in [-0.2, 0) is 5.41 Å². The zero-order chi connectivity index (χ0) is 11.0. The van der Waals surface area contributed by atoms with Crippen LogP contribution in [0.3, 0.4) is 0 Å². The van der Waals surface area contributed by atoms with Crippen LogP contribution in [-0.4, -0.2) is 18.4 Å². The average molecular weight is 297 g/mol. The van der Waals surface area contributed by atoms with Crippen molar-refractivity contribution in [2.45, 2.75) is 41.0 Å². The fourth-order valence-electron chi connectivity index (χ4n) is 1.47. The summed E-state index contributed by atoms with van der Waals surface area (Å²) in [5.74, 6) is 0. The molecule has 1 aromatic rings. The molecule has 0 spiro atoms. The molecular weight excluding hydrogens is 275 g/mol. The summed E-state index contributed by atoms with van der Waals surface area (Å²) in [7, 11) is 0. The van der Waals surface area contributed by atoms with Gasteiger partial charge in [0.1, 0.15) is 0 Å². The van der Waals surface area contributed by atoms with E-state index in [1.54, 1.807) is 3.58 Å². The molecule has 0 fully saturated rings. The average Bonchev–Trinajstić information content (AvgIpc) is 2.01. The predicted octanol–water partition coefficient (Wildman–Crippen LogP) is 3.53. The third-order valence-corrected chi connectivity index (χ3v) is 8.51. The zero-order valence-corrected chi connectivity index (χ0v) is 13.2. The second kappa shape index (κ2) is 3.88. The van der Waals surface area contributed by atoms with Gasteiger partial charge in [-0.25, -0.2) is 0 Å². The van der Waals surface area contributed by atoms with Crippen LogP contribution in [0.4, 0.5) is 0 Å². The van der Waals surface area contributed by atoms with E-state index in [4.69, 9.17) is 0 Å². The van der Waals surface area contributed by atoms with Crippen molar-refractivity contribution in [3.8, 4) is 0 Å². The molecular formula is C13H22Sn. The van der Waals surface area contributed by atoms with Gasteiger partial charge in [0.15, 0.2) is 0 Å². The molecule has 14 heavy (non-hydrogen) atoms. The molecule has 0 aliphatic rings. The molecule has 0 saturated carbocycles. The monoisotopic (exact) mass is 298 g/mol. The number of hydrogen-bond acceptors (Lipinski definition) is 0. The number of hydrogen-bond donors (Lipinski definition) is 0. The molecule has 1 aromatic carbocycles. The first-order valence-corrected chi connectivity index (χ1v) is 15.3. The van der Waals surface area contributed by atoms with Crippen molar-refractivity contribution in [1.82, 2.24) is 0 Å². The summed E-state index contributed by atoms with van der Waals surface area (Å²) in [4.78, 5) is 7.38. The summed E-state index contributed by atoms with van der Waals surface area (Å²) in [6, 6.07) is 9.29. The maximum atomic E-state index is 2.46. The minimum atomic E-state index is -1.82. The van der Waals surface area contributed by atoms with E-state index in [1.165, 1.54) is 5.56 Å². The van der Waals surface area contributed by atoms with Gasteiger partial charge in [0.05, 0.1) is 0 Å². The van der Waals surface area contributed by atoms with Crippen molar-refractivity contribution in [2.24, 2.45) is 0 Å². The normalized spacial score (nSPS) is 13.0. The molecule has 0 bridgehead atoms. The van der Waals surface area contributed by atoms with Crippen LogP contribution in [0.5, 0.6) is 0 Å². The molecule has 0 aromatic heterocycles. The minimum absolute atomic E-state index is 0.284. The van der Waals surface area contributed by atoms with Crippen LogP contribution in [0.15, 0.2) is 24.3 Å².